The number of unbranched alkanes of at least 4 members (excludes halogenated alkanes) is 44. The second-order valence-corrected chi connectivity index (χ2v) is 23.3. The van der Waals surface area contributed by atoms with Crippen LogP contribution in [0.25, 0.3) is 0 Å². The Morgan fingerprint density at radius 2 is 0.787 bits per heavy atom. The van der Waals surface area contributed by atoms with Gasteiger partial charge in [0.2, 0.25) is 5.91 Å². The lowest BCUT2D eigenvalue weighted by Crippen LogP contribution is -2.60. The first kappa shape index (κ1) is 71.7. The molecule has 0 saturated carbocycles. The molecule has 1 fully saturated rings. The van der Waals surface area contributed by atoms with Crippen molar-refractivity contribution in [3.63, 3.8) is 0 Å². The lowest BCUT2D eigenvalue weighted by molar-refractivity contribution is -0.302. The molecule has 0 aliphatic carbocycles. The van der Waals surface area contributed by atoms with Crippen molar-refractivity contribution in [3.05, 3.63) is 24.3 Å². The van der Waals surface area contributed by atoms with Crippen LogP contribution in [0.5, 0.6) is 0 Å². The average Bonchev–Trinajstić information content (AvgIpc) is 3.41. The number of carbonyl (C=O) groups excluding carboxylic acids is 1. The smallest absolute Gasteiger partial charge is 0.220 e. The molecule has 75 heavy (non-hydrogen) atoms. The predicted octanol–water partition coefficient (Wildman–Crippen LogP) is 17.3. The summed E-state index contributed by atoms with van der Waals surface area (Å²) in [4.78, 5) is 13.1. The molecular formula is C66H127NO8. The van der Waals surface area contributed by atoms with Gasteiger partial charge in [-0.2, -0.15) is 0 Å². The van der Waals surface area contributed by atoms with E-state index in [0.29, 0.717) is 12.8 Å². The van der Waals surface area contributed by atoms with Crippen LogP contribution in [0, 0.1) is 0 Å². The summed E-state index contributed by atoms with van der Waals surface area (Å²) in [5, 5.41) is 54.8. The Morgan fingerprint density at radius 1 is 0.453 bits per heavy atom. The molecule has 6 N–H and O–H groups in total. The van der Waals surface area contributed by atoms with Gasteiger partial charge in [-0.25, -0.2) is 0 Å². The molecule has 0 spiro atoms. The Kier molecular flexibility index (Phi) is 53.5. The zero-order chi connectivity index (χ0) is 54.3. The van der Waals surface area contributed by atoms with Crippen LogP contribution < -0.4 is 5.32 Å². The van der Waals surface area contributed by atoms with Gasteiger partial charge in [0.15, 0.2) is 6.29 Å². The van der Waals surface area contributed by atoms with Crippen LogP contribution in [-0.4, -0.2) is 87.5 Å². The van der Waals surface area contributed by atoms with E-state index in [0.717, 1.165) is 44.9 Å². The Bertz CT molecular complexity index is 1230. The first-order chi connectivity index (χ1) is 36.8. The molecule has 9 nitrogen and oxygen atoms in total. The molecule has 1 rings (SSSR count). The molecule has 1 aliphatic rings. The summed E-state index contributed by atoms with van der Waals surface area (Å²) in [6.07, 6.45) is 65.1. The highest BCUT2D eigenvalue weighted by Crippen LogP contribution is 2.24. The van der Waals surface area contributed by atoms with E-state index >= 15 is 0 Å². The Balaban J connectivity index is 2.11. The number of hydrogen-bond acceptors (Lipinski definition) is 8. The number of ether oxygens (including phenoxy) is 2. The highest BCUT2D eigenvalue weighted by molar-refractivity contribution is 5.76. The minimum absolute atomic E-state index is 0.133. The third kappa shape index (κ3) is 45.1. The van der Waals surface area contributed by atoms with Gasteiger partial charge in [-0.05, 0) is 44.9 Å². The largest absolute Gasteiger partial charge is 0.394 e. The van der Waals surface area contributed by atoms with Gasteiger partial charge in [0.25, 0.3) is 0 Å². The molecule has 7 unspecified atom stereocenters. The second kappa shape index (κ2) is 56.0. The van der Waals surface area contributed by atoms with E-state index in [4.69, 9.17) is 9.47 Å². The maximum absolute atomic E-state index is 13.1. The third-order valence-corrected chi connectivity index (χ3v) is 16.1. The normalized spacial score (nSPS) is 18.9. The van der Waals surface area contributed by atoms with Crippen molar-refractivity contribution in [3.8, 4) is 0 Å². The Labute approximate surface area is 464 Å². The van der Waals surface area contributed by atoms with Crippen molar-refractivity contribution in [2.45, 2.75) is 378 Å². The lowest BCUT2D eigenvalue weighted by atomic mass is 9.99. The molecule has 1 heterocycles. The summed E-state index contributed by atoms with van der Waals surface area (Å²) < 4.78 is 11.4. The second-order valence-electron chi connectivity index (χ2n) is 23.3. The van der Waals surface area contributed by atoms with E-state index in [-0.39, 0.29) is 12.5 Å². The number of rotatable bonds is 58. The van der Waals surface area contributed by atoms with Gasteiger partial charge in [-0.1, -0.05) is 308 Å². The number of nitrogens with one attached hydrogen (secondary N) is 1. The van der Waals surface area contributed by atoms with Crippen molar-refractivity contribution in [1.82, 2.24) is 5.32 Å². The molecule has 1 amide bonds. The highest BCUT2D eigenvalue weighted by atomic mass is 16.7. The minimum Gasteiger partial charge on any atom is -0.394 e. The molecule has 1 saturated heterocycles. The van der Waals surface area contributed by atoms with Crippen molar-refractivity contribution < 1.29 is 39.8 Å². The van der Waals surface area contributed by atoms with Crippen LogP contribution in [0.4, 0.5) is 0 Å². The number of amides is 1. The van der Waals surface area contributed by atoms with E-state index in [1.807, 2.05) is 0 Å². The molecule has 1 aliphatic heterocycles. The van der Waals surface area contributed by atoms with Crippen LogP contribution in [0.15, 0.2) is 24.3 Å². The van der Waals surface area contributed by atoms with E-state index in [1.54, 1.807) is 0 Å². The molecule has 0 aromatic carbocycles. The fourth-order valence-corrected chi connectivity index (χ4v) is 10.8. The highest BCUT2D eigenvalue weighted by Gasteiger charge is 2.44. The van der Waals surface area contributed by atoms with Crippen LogP contribution in [0.3, 0.4) is 0 Å². The molecule has 0 bridgehead atoms. The van der Waals surface area contributed by atoms with Gasteiger partial charge < -0.3 is 40.3 Å². The van der Waals surface area contributed by atoms with Crippen molar-refractivity contribution in [2.75, 3.05) is 13.2 Å². The summed E-state index contributed by atoms with van der Waals surface area (Å²) in [7, 11) is 0. The predicted molar refractivity (Wildman–Crippen MR) is 318 cm³/mol. The van der Waals surface area contributed by atoms with Crippen LogP contribution in [0.1, 0.15) is 335 Å². The standard InChI is InChI=1S/C66H127NO8/c1-3-5-7-9-11-13-15-17-19-21-23-25-26-27-28-29-30-31-32-33-34-36-38-40-42-44-46-48-50-52-54-56-62(70)67-59(58-74-66-65(73)64(72)63(71)61(57-68)75-66)60(69)55-53-51-49-47-45-43-41-39-37-35-24-22-20-18-16-14-12-10-8-6-4-2/h15,17,21,23,59-61,63-66,68-69,71-73H,3-14,16,18-20,22,24-58H2,1-2H3,(H,67,70)/b17-15-,23-21-. The maximum atomic E-state index is 13.1. The zero-order valence-corrected chi connectivity index (χ0v) is 49.6. The van der Waals surface area contributed by atoms with Gasteiger partial charge in [0.05, 0.1) is 25.4 Å². The quantitative estimate of drug-likeness (QED) is 0.0261. The number of carbonyl (C=O) groups is 1. The van der Waals surface area contributed by atoms with E-state index < -0.39 is 49.5 Å². The fraction of sp³-hybridized carbons (Fsp3) is 0.924. The molecule has 0 aromatic heterocycles. The molecule has 9 heteroatoms. The van der Waals surface area contributed by atoms with Crippen LogP contribution in [-0.2, 0) is 14.3 Å². The summed E-state index contributed by atoms with van der Waals surface area (Å²) in [5.74, 6) is -0.137. The monoisotopic (exact) mass is 1060 g/mol. The topological polar surface area (TPSA) is 149 Å². The molecule has 7 atom stereocenters. The van der Waals surface area contributed by atoms with E-state index in [2.05, 4.69) is 43.5 Å². The number of aliphatic hydroxyl groups excluding tert-OH is 5. The summed E-state index contributed by atoms with van der Waals surface area (Å²) in [6, 6.07) is -0.717. The Morgan fingerprint density at radius 3 is 1.15 bits per heavy atom. The SMILES string of the molecule is CCCCCCC/C=C\C/C=C\CCCCCCCCCCCCCCCCCCCCCC(=O)NC(COC1OC(CO)C(O)C(O)C1O)C(O)CCCCCCCCCCCCCCCCCCCCCCC. The summed E-state index contributed by atoms with van der Waals surface area (Å²) in [6.45, 7) is 3.88. The summed E-state index contributed by atoms with van der Waals surface area (Å²) >= 11 is 0. The number of aliphatic hydroxyl groups is 5. The zero-order valence-electron chi connectivity index (χ0n) is 49.6. The molecule has 0 radical (unpaired) electrons. The van der Waals surface area contributed by atoms with E-state index in [9.17, 15) is 30.3 Å². The van der Waals surface area contributed by atoms with E-state index in [1.165, 1.54) is 263 Å². The van der Waals surface area contributed by atoms with Crippen molar-refractivity contribution >= 4 is 5.91 Å². The average molecular weight is 1060 g/mol. The lowest BCUT2D eigenvalue weighted by Gasteiger charge is -2.40. The molecule has 444 valence electrons. The van der Waals surface area contributed by atoms with Gasteiger partial charge in [0.1, 0.15) is 24.4 Å². The van der Waals surface area contributed by atoms with Crippen molar-refractivity contribution in [2.24, 2.45) is 0 Å². The number of hydrogen-bond donors (Lipinski definition) is 6. The minimum atomic E-state index is -1.55. The van der Waals surface area contributed by atoms with Gasteiger partial charge >= 0.3 is 0 Å². The first-order valence-electron chi connectivity index (χ1n) is 33.0. The maximum Gasteiger partial charge on any atom is 0.220 e. The van der Waals surface area contributed by atoms with Crippen molar-refractivity contribution in [1.29, 1.82) is 0 Å². The van der Waals surface area contributed by atoms with Crippen LogP contribution in [0.2, 0.25) is 0 Å². The molecule has 0 aromatic rings. The first-order valence-corrected chi connectivity index (χ1v) is 33.0. The number of allylic oxidation sites excluding steroid dienone is 4. The Hall–Kier alpha value is -1.33. The summed E-state index contributed by atoms with van der Waals surface area (Å²) in [5.41, 5.74) is 0. The third-order valence-electron chi connectivity index (χ3n) is 16.1. The van der Waals surface area contributed by atoms with Gasteiger partial charge in [-0.3, -0.25) is 4.79 Å². The molecular weight excluding hydrogens is 935 g/mol. The van der Waals surface area contributed by atoms with Gasteiger partial charge in [0, 0.05) is 6.42 Å². The van der Waals surface area contributed by atoms with Gasteiger partial charge in [-0.15, -0.1) is 0 Å². The fourth-order valence-electron chi connectivity index (χ4n) is 10.8. The van der Waals surface area contributed by atoms with Crippen LogP contribution >= 0.6 is 0 Å².